The Labute approximate surface area is 178 Å². The van der Waals surface area contributed by atoms with Gasteiger partial charge in [-0.25, -0.2) is 4.79 Å². The lowest BCUT2D eigenvalue weighted by molar-refractivity contribution is -0.139. The molecule has 2 aromatic rings. The zero-order valence-electron chi connectivity index (χ0n) is 17.4. The Morgan fingerprint density at radius 3 is 2.07 bits per heavy atom. The molecule has 2 saturated carbocycles. The van der Waals surface area contributed by atoms with Crippen LogP contribution in [0.3, 0.4) is 0 Å². The van der Waals surface area contributed by atoms with E-state index in [2.05, 4.69) is 24.3 Å². The third-order valence-corrected chi connectivity index (χ3v) is 6.47. The Balaban J connectivity index is 1.25. The van der Waals surface area contributed by atoms with E-state index in [0.717, 1.165) is 51.4 Å². The van der Waals surface area contributed by atoms with Crippen molar-refractivity contribution in [3.8, 4) is 5.75 Å². The first kappa shape index (κ1) is 20.6. The van der Waals surface area contributed by atoms with Crippen molar-refractivity contribution < 1.29 is 19.1 Å². The minimum Gasteiger partial charge on any atom is -0.459 e. The molecule has 0 amide bonds. The molecule has 0 N–H and O–H groups in total. The minimum absolute atomic E-state index is 0.00871. The van der Waals surface area contributed by atoms with Crippen LogP contribution in [0.15, 0.2) is 54.6 Å². The molecule has 2 fully saturated rings. The van der Waals surface area contributed by atoms with E-state index in [1.165, 1.54) is 12.0 Å². The van der Waals surface area contributed by atoms with Gasteiger partial charge in [0.25, 0.3) is 0 Å². The number of ether oxygens (including phenoxy) is 2. The smallest absolute Gasteiger partial charge is 0.338 e. The lowest BCUT2D eigenvalue weighted by Crippen LogP contribution is -2.24. The van der Waals surface area contributed by atoms with Gasteiger partial charge in [-0.05, 0) is 74.3 Å². The van der Waals surface area contributed by atoms with E-state index >= 15 is 0 Å². The number of esters is 2. The van der Waals surface area contributed by atoms with E-state index in [4.69, 9.17) is 9.47 Å². The zero-order chi connectivity index (χ0) is 20.8. The first-order valence-electron chi connectivity index (χ1n) is 11.3. The highest BCUT2D eigenvalue weighted by Crippen LogP contribution is 2.34. The Bertz CT molecular complexity index is 829. The molecule has 4 heteroatoms. The minimum atomic E-state index is -0.302. The van der Waals surface area contributed by atoms with E-state index in [0.29, 0.717) is 17.2 Å². The molecule has 0 atom stereocenters. The van der Waals surface area contributed by atoms with E-state index in [-0.39, 0.29) is 24.0 Å². The van der Waals surface area contributed by atoms with Crippen molar-refractivity contribution in [3.05, 3.63) is 65.7 Å². The average Bonchev–Trinajstić information content (AvgIpc) is 2.81. The van der Waals surface area contributed by atoms with Gasteiger partial charge in [0.05, 0.1) is 11.5 Å². The molecule has 2 aromatic carbocycles. The molecule has 0 heterocycles. The second-order valence-electron chi connectivity index (χ2n) is 8.57. The van der Waals surface area contributed by atoms with Crippen LogP contribution in [0.5, 0.6) is 5.75 Å². The molecule has 0 saturated heterocycles. The van der Waals surface area contributed by atoms with Crippen molar-refractivity contribution in [2.75, 3.05) is 0 Å². The van der Waals surface area contributed by atoms with Gasteiger partial charge in [0.1, 0.15) is 11.9 Å². The quantitative estimate of drug-likeness (QED) is 0.448. The summed E-state index contributed by atoms with van der Waals surface area (Å²) in [5, 5.41) is 0. The SMILES string of the molecule is O=C(OC1CCC(c2ccccc2)CC1)c1ccc(OC(=O)C2CCCCC2)cc1. The van der Waals surface area contributed by atoms with Gasteiger partial charge in [0, 0.05) is 0 Å². The van der Waals surface area contributed by atoms with E-state index in [1.807, 2.05) is 6.07 Å². The standard InChI is InChI=1S/C26H30O4/c27-25(21-9-5-2-6-10-21)29-24-17-13-22(14-18-24)26(28)30-23-15-11-20(12-16-23)19-7-3-1-4-8-19/h1,3-4,7-8,13-14,17-18,20-21,23H,2,5-6,9-12,15-16H2. The molecule has 0 aromatic heterocycles. The monoisotopic (exact) mass is 406 g/mol. The Hall–Kier alpha value is -2.62. The maximum atomic E-state index is 12.5. The van der Waals surface area contributed by atoms with Gasteiger partial charge >= 0.3 is 11.9 Å². The lowest BCUT2D eigenvalue weighted by atomic mass is 9.83. The second-order valence-corrected chi connectivity index (χ2v) is 8.57. The number of carbonyl (C=O) groups is 2. The van der Waals surface area contributed by atoms with Gasteiger partial charge in [-0.15, -0.1) is 0 Å². The van der Waals surface area contributed by atoms with Crippen molar-refractivity contribution in [2.24, 2.45) is 5.92 Å². The highest BCUT2D eigenvalue weighted by molar-refractivity contribution is 5.89. The van der Waals surface area contributed by atoms with E-state index < -0.39 is 0 Å². The average molecular weight is 407 g/mol. The number of hydrogen-bond donors (Lipinski definition) is 0. The predicted molar refractivity (Wildman–Crippen MR) is 116 cm³/mol. The van der Waals surface area contributed by atoms with Crippen LogP contribution in [0.25, 0.3) is 0 Å². The van der Waals surface area contributed by atoms with Crippen LogP contribution in [-0.4, -0.2) is 18.0 Å². The van der Waals surface area contributed by atoms with Crippen LogP contribution in [0, 0.1) is 5.92 Å². The van der Waals surface area contributed by atoms with Crippen LogP contribution in [0.4, 0.5) is 0 Å². The fraction of sp³-hybridized carbons (Fsp3) is 0.462. The normalized spacial score (nSPS) is 22.3. The Kier molecular flexibility index (Phi) is 6.83. The maximum Gasteiger partial charge on any atom is 0.338 e. The van der Waals surface area contributed by atoms with Gasteiger partial charge in [-0.2, -0.15) is 0 Å². The molecule has 0 aliphatic heterocycles. The van der Waals surface area contributed by atoms with Crippen molar-refractivity contribution in [1.29, 1.82) is 0 Å². The van der Waals surface area contributed by atoms with Crippen LogP contribution in [0.2, 0.25) is 0 Å². The summed E-state index contributed by atoms with van der Waals surface area (Å²) in [4.78, 5) is 24.8. The van der Waals surface area contributed by atoms with Crippen LogP contribution < -0.4 is 4.74 Å². The van der Waals surface area contributed by atoms with Gasteiger partial charge < -0.3 is 9.47 Å². The fourth-order valence-electron chi connectivity index (χ4n) is 4.66. The summed E-state index contributed by atoms with van der Waals surface area (Å²) < 4.78 is 11.2. The van der Waals surface area contributed by atoms with Gasteiger partial charge in [0.15, 0.2) is 0 Å². The Morgan fingerprint density at radius 1 is 0.733 bits per heavy atom. The molecular weight excluding hydrogens is 376 g/mol. The van der Waals surface area contributed by atoms with Crippen molar-refractivity contribution in [2.45, 2.75) is 69.8 Å². The summed E-state index contributed by atoms with van der Waals surface area (Å²) in [6.45, 7) is 0. The van der Waals surface area contributed by atoms with Gasteiger partial charge in [-0.3, -0.25) is 4.79 Å². The fourth-order valence-corrected chi connectivity index (χ4v) is 4.66. The summed E-state index contributed by atoms with van der Waals surface area (Å²) >= 11 is 0. The van der Waals surface area contributed by atoms with E-state index in [9.17, 15) is 9.59 Å². The largest absolute Gasteiger partial charge is 0.459 e. The third-order valence-electron chi connectivity index (χ3n) is 6.47. The van der Waals surface area contributed by atoms with Gasteiger partial charge in [-0.1, -0.05) is 49.6 Å². The molecule has 0 spiro atoms. The van der Waals surface area contributed by atoms with Crippen LogP contribution in [-0.2, 0) is 9.53 Å². The summed E-state index contributed by atoms with van der Waals surface area (Å²) in [7, 11) is 0. The first-order valence-corrected chi connectivity index (χ1v) is 11.3. The maximum absolute atomic E-state index is 12.5. The highest BCUT2D eigenvalue weighted by Gasteiger charge is 2.26. The van der Waals surface area contributed by atoms with Crippen LogP contribution >= 0.6 is 0 Å². The van der Waals surface area contributed by atoms with Crippen LogP contribution in [0.1, 0.15) is 79.6 Å². The molecule has 0 radical (unpaired) electrons. The zero-order valence-corrected chi connectivity index (χ0v) is 17.4. The number of rotatable bonds is 5. The number of benzene rings is 2. The molecular formula is C26H30O4. The molecule has 4 nitrogen and oxygen atoms in total. The molecule has 158 valence electrons. The molecule has 30 heavy (non-hydrogen) atoms. The van der Waals surface area contributed by atoms with Crippen molar-refractivity contribution in [1.82, 2.24) is 0 Å². The van der Waals surface area contributed by atoms with Gasteiger partial charge in [0.2, 0.25) is 0 Å². The molecule has 2 aliphatic rings. The third kappa shape index (κ3) is 5.29. The summed E-state index contributed by atoms with van der Waals surface area (Å²) in [6, 6.07) is 17.3. The number of carbonyl (C=O) groups excluding carboxylic acids is 2. The first-order chi connectivity index (χ1) is 14.7. The highest BCUT2D eigenvalue weighted by atomic mass is 16.5. The molecule has 2 aliphatic carbocycles. The van der Waals surface area contributed by atoms with E-state index in [1.54, 1.807) is 24.3 Å². The predicted octanol–water partition coefficient (Wildman–Crippen LogP) is 6.06. The summed E-state index contributed by atoms with van der Waals surface area (Å²) in [5.74, 6) is 0.600. The lowest BCUT2D eigenvalue weighted by Gasteiger charge is -2.28. The molecule has 4 rings (SSSR count). The second kappa shape index (κ2) is 9.92. The number of hydrogen-bond acceptors (Lipinski definition) is 4. The molecule has 0 bridgehead atoms. The van der Waals surface area contributed by atoms with Crippen molar-refractivity contribution >= 4 is 11.9 Å². The summed E-state index contributed by atoms with van der Waals surface area (Å²) in [6.07, 6.45) is 9.05. The van der Waals surface area contributed by atoms with Crippen molar-refractivity contribution in [3.63, 3.8) is 0 Å². The summed E-state index contributed by atoms with van der Waals surface area (Å²) in [5.41, 5.74) is 1.87. The molecule has 0 unspecified atom stereocenters. The Morgan fingerprint density at radius 2 is 1.40 bits per heavy atom. The topological polar surface area (TPSA) is 52.6 Å².